The van der Waals surface area contributed by atoms with Crippen molar-refractivity contribution < 1.29 is 4.42 Å². The van der Waals surface area contributed by atoms with E-state index in [1.54, 1.807) is 0 Å². The Kier molecular flexibility index (Phi) is 6.48. The molecule has 5 nitrogen and oxygen atoms in total. The van der Waals surface area contributed by atoms with E-state index < -0.39 is 0 Å². The zero-order valence-electron chi connectivity index (χ0n) is 28.4. The second-order valence-electron chi connectivity index (χ2n) is 13.5. The number of nitrogens with zero attached hydrogens (tertiary/aromatic N) is 4. The number of furan rings is 1. The van der Waals surface area contributed by atoms with E-state index in [4.69, 9.17) is 19.4 Å². The molecule has 0 amide bonds. The molecule has 0 saturated heterocycles. The summed E-state index contributed by atoms with van der Waals surface area (Å²) < 4.78 is 6.57. The summed E-state index contributed by atoms with van der Waals surface area (Å²) in [6, 6.07) is 55.0. The third-order valence-electron chi connectivity index (χ3n) is 10.3. The number of rotatable bonds is 4. The summed E-state index contributed by atoms with van der Waals surface area (Å²) in [5.74, 6) is 1.89. The Labute approximate surface area is 303 Å². The smallest absolute Gasteiger partial charge is 0.164 e. The van der Waals surface area contributed by atoms with E-state index in [1.807, 2.05) is 24.5 Å². The lowest BCUT2D eigenvalue weighted by Gasteiger charge is -2.11. The molecule has 3 aromatic heterocycles. The molecule has 0 saturated carbocycles. The predicted octanol–water partition coefficient (Wildman–Crippen LogP) is 12.4. The lowest BCUT2D eigenvalue weighted by Crippen LogP contribution is -2.00. The van der Waals surface area contributed by atoms with Crippen LogP contribution in [0.5, 0.6) is 0 Å². The summed E-state index contributed by atoms with van der Waals surface area (Å²) >= 11 is 0. The fourth-order valence-corrected chi connectivity index (χ4v) is 7.66. The average molecular weight is 677 g/mol. The van der Waals surface area contributed by atoms with Gasteiger partial charge in [0.25, 0.3) is 0 Å². The quantitative estimate of drug-likeness (QED) is 0.186. The van der Waals surface area contributed by atoms with Gasteiger partial charge in [-0.2, -0.15) is 0 Å². The number of hydrogen-bond donors (Lipinski definition) is 0. The van der Waals surface area contributed by atoms with Gasteiger partial charge in [-0.1, -0.05) is 115 Å². The first-order chi connectivity index (χ1) is 26.2. The molecule has 53 heavy (non-hydrogen) atoms. The summed E-state index contributed by atoms with van der Waals surface area (Å²) in [6.07, 6.45) is 3.78. The van der Waals surface area contributed by atoms with E-state index >= 15 is 0 Å². The van der Waals surface area contributed by atoms with Crippen LogP contribution >= 0.6 is 0 Å². The van der Waals surface area contributed by atoms with Crippen LogP contribution in [-0.2, 0) is 0 Å². The van der Waals surface area contributed by atoms with Gasteiger partial charge < -0.3 is 4.42 Å². The van der Waals surface area contributed by atoms with Gasteiger partial charge in [-0.3, -0.25) is 4.98 Å². The zero-order chi connectivity index (χ0) is 34.9. The van der Waals surface area contributed by atoms with Crippen molar-refractivity contribution in [2.45, 2.75) is 0 Å². The predicted molar refractivity (Wildman–Crippen MR) is 217 cm³/mol. The van der Waals surface area contributed by atoms with Gasteiger partial charge in [-0.25, -0.2) is 15.0 Å². The minimum atomic E-state index is 0.620. The molecule has 0 aliphatic heterocycles. The molecular weight excluding hydrogens is 649 g/mol. The first-order valence-electron chi connectivity index (χ1n) is 17.7. The van der Waals surface area contributed by atoms with Crippen molar-refractivity contribution in [3.63, 3.8) is 0 Å². The van der Waals surface area contributed by atoms with E-state index in [0.717, 1.165) is 82.1 Å². The Morgan fingerprint density at radius 3 is 1.53 bits per heavy atom. The molecule has 0 atom stereocenters. The van der Waals surface area contributed by atoms with Crippen LogP contribution in [0, 0.1) is 0 Å². The molecule has 11 rings (SSSR count). The molecule has 5 heteroatoms. The summed E-state index contributed by atoms with van der Waals surface area (Å²) in [4.78, 5) is 19.7. The number of pyridine rings is 1. The maximum Gasteiger partial charge on any atom is 0.164 e. The molecule has 3 heterocycles. The van der Waals surface area contributed by atoms with Crippen molar-refractivity contribution in [1.29, 1.82) is 0 Å². The van der Waals surface area contributed by atoms with Crippen LogP contribution in [-0.4, -0.2) is 19.9 Å². The molecule has 0 fully saturated rings. The Balaban J connectivity index is 1.09. The standard InChI is InChI=1S/C48H28N4O/c1-3-9-32-23-35(18-14-29(32)7-1)46-50-47(36-19-15-30-8-2-4-10-33(30)24-36)52-48(51-46)37-20-16-31-13-17-34(25-38(31)26-37)42-27-39-28-49-22-21-40(39)44-41-11-5-6-12-43(41)53-45(42)44/h1-28H. The van der Waals surface area contributed by atoms with Crippen molar-refractivity contribution in [2.75, 3.05) is 0 Å². The topological polar surface area (TPSA) is 64.7 Å². The van der Waals surface area contributed by atoms with E-state index in [0.29, 0.717) is 17.5 Å². The molecule has 0 spiro atoms. The molecule has 246 valence electrons. The fraction of sp³-hybridized carbons (Fsp3) is 0. The largest absolute Gasteiger partial charge is 0.455 e. The molecule has 0 bridgehead atoms. The minimum absolute atomic E-state index is 0.620. The maximum absolute atomic E-state index is 6.57. The van der Waals surface area contributed by atoms with Crippen LogP contribution in [0.2, 0.25) is 0 Å². The Hall–Kier alpha value is -7.24. The van der Waals surface area contributed by atoms with Crippen LogP contribution in [0.15, 0.2) is 175 Å². The number of hydrogen-bond acceptors (Lipinski definition) is 5. The van der Waals surface area contributed by atoms with Crippen LogP contribution in [0.3, 0.4) is 0 Å². The normalized spacial score (nSPS) is 11.8. The Bertz CT molecular complexity index is 3160. The van der Waals surface area contributed by atoms with E-state index in [-0.39, 0.29) is 0 Å². The molecule has 8 aromatic carbocycles. The molecule has 0 radical (unpaired) electrons. The fourth-order valence-electron chi connectivity index (χ4n) is 7.66. The van der Waals surface area contributed by atoms with E-state index in [2.05, 4.69) is 151 Å². The summed E-state index contributed by atoms with van der Waals surface area (Å²) in [7, 11) is 0. The zero-order valence-corrected chi connectivity index (χ0v) is 28.4. The maximum atomic E-state index is 6.57. The second-order valence-corrected chi connectivity index (χ2v) is 13.5. The molecular formula is C48H28N4O. The van der Waals surface area contributed by atoms with Crippen molar-refractivity contribution in [3.05, 3.63) is 170 Å². The molecule has 0 N–H and O–H groups in total. The Morgan fingerprint density at radius 1 is 0.377 bits per heavy atom. The highest BCUT2D eigenvalue weighted by Crippen LogP contribution is 2.41. The lowest BCUT2D eigenvalue weighted by atomic mass is 9.95. The van der Waals surface area contributed by atoms with Crippen LogP contribution in [0.4, 0.5) is 0 Å². The van der Waals surface area contributed by atoms with Gasteiger partial charge in [0, 0.05) is 50.8 Å². The molecule has 0 aliphatic carbocycles. The van der Waals surface area contributed by atoms with Gasteiger partial charge in [0.05, 0.1) is 0 Å². The lowest BCUT2D eigenvalue weighted by molar-refractivity contribution is 0.670. The SMILES string of the molecule is c1ccc2cc(-c3nc(-c4ccc5ccccc5c4)nc(-c4ccc5ccc(-c6cc7cnccc7c7c6oc6ccccc67)cc5c4)n3)ccc2c1. The highest BCUT2D eigenvalue weighted by atomic mass is 16.3. The van der Waals surface area contributed by atoms with Gasteiger partial charge in [0.2, 0.25) is 0 Å². The second kappa shape index (κ2) is 11.7. The van der Waals surface area contributed by atoms with Crippen molar-refractivity contribution >= 4 is 65.0 Å². The average Bonchev–Trinajstić information content (AvgIpc) is 3.62. The third kappa shape index (κ3) is 4.94. The first kappa shape index (κ1) is 29.5. The van der Waals surface area contributed by atoms with Crippen molar-refractivity contribution in [1.82, 2.24) is 19.9 Å². The van der Waals surface area contributed by atoms with Gasteiger partial charge in [0.15, 0.2) is 17.5 Å². The molecule has 11 aromatic rings. The van der Waals surface area contributed by atoms with Crippen LogP contribution in [0.1, 0.15) is 0 Å². The number of para-hydroxylation sites is 1. The number of benzene rings is 8. The highest BCUT2D eigenvalue weighted by Gasteiger charge is 2.18. The van der Waals surface area contributed by atoms with Gasteiger partial charge >= 0.3 is 0 Å². The molecule has 0 unspecified atom stereocenters. The van der Waals surface area contributed by atoms with E-state index in [1.165, 1.54) is 10.8 Å². The first-order valence-corrected chi connectivity index (χ1v) is 17.7. The summed E-state index contributed by atoms with van der Waals surface area (Å²) in [5, 5.41) is 11.2. The monoisotopic (exact) mass is 676 g/mol. The van der Waals surface area contributed by atoms with Crippen molar-refractivity contribution in [3.8, 4) is 45.3 Å². The summed E-state index contributed by atoms with van der Waals surface area (Å²) in [5.41, 5.74) is 6.64. The number of fused-ring (bicyclic) bond motifs is 8. The highest BCUT2D eigenvalue weighted by molar-refractivity contribution is 6.22. The number of aromatic nitrogens is 4. The minimum Gasteiger partial charge on any atom is -0.455 e. The van der Waals surface area contributed by atoms with E-state index in [9.17, 15) is 0 Å². The van der Waals surface area contributed by atoms with Gasteiger partial charge in [-0.05, 0) is 85.7 Å². The van der Waals surface area contributed by atoms with Gasteiger partial charge in [-0.15, -0.1) is 0 Å². The van der Waals surface area contributed by atoms with Crippen LogP contribution < -0.4 is 0 Å². The molecule has 0 aliphatic rings. The summed E-state index contributed by atoms with van der Waals surface area (Å²) in [6.45, 7) is 0. The Morgan fingerprint density at radius 2 is 0.887 bits per heavy atom. The van der Waals surface area contributed by atoms with Gasteiger partial charge in [0.1, 0.15) is 11.2 Å². The van der Waals surface area contributed by atoms with Crippen LogP contribution in [0.25, 0.3) is 110 Å². The third-order valence-corrected chi connectivity index (χ3v) is 10.3. The van der Waals surface area contributed by atoms with Crippen molar-refractivity contribution in [2.24, 2.45) is 0 Å².